The van der Waals surface area contributed by atoms with Crippen molar-refractivity contribution < 1.29 is 4.79 Å². The second kappa shape index (κ2) is 6.30. The van der Waals surface area contributed by atoms with Gasteiger partial charge in [0.05, 0.1) is 11.7 Å². The molecule has 1 aliphatic carbocycles. The van der Waals surface area contributed by atoms with Crippen LogP contribution in [0.3, 0.4) is 0 Å². The molecule has 1 amide bonds. The minimum Gasteiger partial charge on any atom is -0.349 e. The van der Waals surface area contributed by atoms with Crippen molar-refractivity contribution >= 4 is 5.91 Å². The van der Waals surface area contributed by atoms with Gasteiger partial charge in [0.25, 0.3) is 0 Å². The molecule has 5 nitrogen and oxygen atoms in total. The van der Waals surface area contributed by atoms with Crippen molar-refractivity contribution in [3.63, 3.8) is 0 Å². The van der Waals surface area contributed by atoms with Crippen molar-refractivity contribution in [1.29, 1.82) is 0 Å². The van der Waals surface area contributed by atoms with E-state index in [0.717, 1.165) is 29.7 Å². The molecular weight excluding hydrogens is 300 g/mol. The van der Waals surface area contributed by atoms with Crippen molar-refractivity contribution in [2.75, 3.05) is 0 Å². The Kier molecular flexibility index (Phi) is 4.35. The van der Waals surface area contributed by atoms with Crippen LogP contribution in [0.4, 0.5) is 0 Å². The summed E-state index contributed by atoms with van der Waals surface area (Å²) in [7, 11) is 0. The molecule has 2 aromatic heterocycles. The van der Waals surface area contributed by atoms with E-state index in [1.54, 1.807) is 12.4 Å². The molecule has 5 heteroatoms. The maximum atomic E-state index is 12.2. The van der Waals surface area contributed by atoms with Gasteiger partial charge in [0.15, 0.2) is 5.82 Å². The molecule has 0 bridgehead atoms. The lowest BCUT2D eigenvalue weighted by atomic mass is 9.74. The summed E-state index contributed by atoms with van der Waals surface area (Å²) in [6.45, 7) is 8.26. The predicted octanol–water partition coefficient (Wildman–Crippen LogP) is 3.32. The summed E-state index contributed by atoms with van der Waals surface area (Å²) in [6, 6.07) is 3.82. The van der Waals surface area contributed by atoms with Gasteiger partial charge in [-0.15, -0.1) is 0 Å². The van der Waals surface area contributed by atoms with Crippen molar-refractivity contribution in [3.05, 3.63) is 42.0 Å². The third-order valence-electron chi connectivity index (χ3n) is 4.44. The first-order chi connectivity index (χ1) is 11.4. The Labute approximate surface area is 143 Å². The molecule has 0 fully saturated rings. The quantitative estimate of drug-likeness (QED) is 0.940. The molecule has 0 saturated carbocycles. The van der Waals surface area contributed by atoms with Gasteiger partial charge in [-0.1, -0.05) is 27.7 Å². The smallest absolute Gasteiger partial charge is 0.223 e. The van der Waals surface area contributed by atoms with E-state index in [9.17, 15) is 4.79 Å². The van der Waals surface area contributed by atoms with Gasteiger partial charge >= 0.3 is 0 Å². The van der Waals surface area contributed by atoms with Crippen LogP contribution in [0.1, 0.15) is 51.4 Å². The standard InChI is InChI=1S/C19H24N4O/c1-12(2)18(24)23-16-9-19(3,4)8-15-14(16)11-21-17(22-15)13-6-5-7-20-10-13/h5-7,10-12,16H,8-9H2,1-4H3,(H,23,24)/t16-/m0/s1. The number of hydrogen-bond acceptors (Lipinski definition) is 4. The van der Waals surface area contributed by atoms with Crippen LogP contribution in [0, 0.1) is 11.3 Å². The van der Waals surface area contributed by atoms with Crippen LogP contribution in [0.2, 0.25) is 0 Å². The Bertz CT molecular complexity index is 740. The maximum absolute atomic E-state index is 12.2. The van der Waals surface area contributed by atoms with E-state index < -0.39 is 0 Å². The summed E-state index contributed by atoms with van der Waals surface area (Å²) >= 11 is 0. The summed E-state index contributed by atoms with van der Waals surface area (Å²) in [5.74, 6) is 0.725. The number of carbonyl (C=O) groups is 1. The highest BCUT2D eigenvalue weighted by Gasteiger charge is 2.34. The van der Waals surface area contributed by atoms with Gasteiger partial charge in [0.1, 0.15) is 0 Å². The van der Waals surface area contributed by atoms with Gasteiger partial charge in [-0.05, 0) is 30.4 Å². The minimum atomic E-state index is -0.0333. The van der Waals surface area contributed by atoms with Gasteiger partial charge in [-0.2, -0.15) is 0 Å². The molecular formula is C19H24N4O. The number of pyridine rings is 1. The molecule has 1 aliphatic rings. The summed E-state index contributed by atoms with van der Waals surface area (Å²) in [6.07, 6.45) is 7.15. The SMILES string of the molecule is CC(C)C(=O)N[C@H]1CC(C)(C)Cc2nc(-c3cccnc3)ncc21. The van der Waals surface area contributed by atoms with Crippen LogP contribution in [0.5, 0.6) is 0 Å². The number of aromatic nitrogens is 3. The second-order valence-electron chi connectivity index (χ2n) is 7.60. The highest BCUT2D eigenvalue weighted by Crippen LogP contribution is 2.40. The number of carbonyl (C=O) groups excluding carboxylic acids is 1. The largest absolute Gasteiger partial charge is 0.349 e. The first-order valence-electron chi connectivity index (χ1n) is 8.42. The minimum absolute atomic E-state index is 0.0263. The van der Waals surface area contributed by atoms with E-state index in [4.69, 9.17) is 4.98 Å². The Morgan fingerprint density at radius 2 is 2.12 bits per heavy atom. The van der Waals surface area contributed by atoms with Crippen molar-refractivity contribution in [1.82, 2.24) is 20.3 Å². The zero-order valence-corrected chi connectivity index (χ0v) is 14.7. The average Bonchev–Trinajstić information content (AvgIpc) is 2.54. The van der Waals surface area contributed by atoms with E-state index in [-0.39, 0.29) is 23.3 Å². The number of rotatable bonds is 3. The molecule has 0 aromatic carbocycles. The zero-order chi connectivity index (χ0) is 17.3. The van der Waals surface area contributed by atoms with Crippen LogP contribution in [0.15, 0.2) is 30.7 Å². The highest BCUT2D eigenvalue weighted by atomic mass is 16.1. The lowest BCUT2D eigenvalue weighted by molar-refractivity contribution is -0.125. The van der Waals surface area contributed by atoms with Gasteiger partial charge < -0.3 is 5.32 Å². The molecule has 1 atom stereocenters. The van der Waals surface area contributed by atoms with E-state index in [1.165, 1.54) is 0 Å². The predicted molar refractivity (Wildman–Crippen MR) is 93.1 cm³/mol. The highest BCUT2D eigenvalue weighted by molar-refractivity contribution is 5.78. The zero-order valence-electron chi connectivity index (χ0n) is 14.7. The molecule has 0 aliphatic heterocycles. The summed E-state index contributed by atoms with van der Waals surface area (Å²) in [5, 5.41) is 3.16. The molecule has 0 radical (unpaired) electrons. The number of hydrogen-bond donors (Lipinski definition) is 1. The summed E-state index contributed by atoms with van der Waals surface area (Å²) in [5.41, 5.74) is 3.05. The normalized spacial score (nSPS) is 19.0. The van der Waals surface area contributed by atoms with E-state index in [0.29, 0.717) is 5.82 Å². The monoisotopic (exact) mass is 324 g/mol. The third kappa shape index (κ3) is 3.45. The second-order valence-corrected chi connectivity index (χ2v) is 7.60. The van der Waals surface area contributed by atoms with E-state index in [1.807, 2.05) is 32.2 Å². The first kappa shape index (κ1) is 16.6. The number of nitrogens with one attached hydrogen (secondary N) is 1. The van der Waals surface area contributed by atoms with Gasteiger partial charge in [0, 0.05) is 35.6 Å². The van der Waals surface area contributed by atoms with Crippen molar-refractivity contribution in [2.24, 2.45) is 11.3 Å². The van der Waals surface area contributed by atoms with Gasteiger partial charge in [-0.25, -0.2) is 9.97 Å². The molecule has 2 heterocycles. The fraction of sp³-hybridized carbons (Fsp3) is 0.474. The van der Waals surface area contributed by atoms with E-state index >= 15 is 0 Å². The van der Waals surface area contributed by atoms with Gasteiger partial charge in [-0.3, -0.25) is 9.78 Å². The molecule has 0 spiro atoms. The lowest BCUT2D eigenvalue weighted by Crippen LogP contribution is -2.38. The molecule has 3 rings (SSSR count). The number of amides is 1. The van der Waals surface area contributed by atoms with Crippen LogP contribution >= 0.6 is 0 Å². The van der Waals surface area contributed by atoms with Gasteiger partial charge in [0.2, 0.25) is 5.91 Å². The maximum Gasteiger partial charge on any atom is 0.223 e. The lowest BCUT2D eigenvalue weighted by Gasteiger charge is -2.36. The van der Waals surface area contributed by atoms with Crippen molar-refractivity contribution in [3.8, 4) is 11.4 Å². The van der Waals surface area contributed by atoms with Crippen LogP contribution in [-0.2, 0) is 11.2 Å². The Morgan fingerprint density at radius 3 is 2.79 bits per heavy atom. The average molecular weight is 324 g/mol. The number of nitrogens with zero attached hydrogens (tertiary/aromatic N) is 3. The Hall–Kier alpha value is -2.30. The molecule has 0 unspecified atom stereocenters. The number of fused-ring (bicyclic) bond motifs is 1. The molecule has 1 N–H and O–H groups in total. The van der Waals surface area contributed by atoms with Crippen molar-refractivity contribution in [2.45, 2.75) is 46.6 Å². The fourth-order valence-electron chi connectivity index (χ4n) is 3.15. The molecule has 24 heavy (non-hydrogen) atoms. The van der Waals surface area contributed by atoms with Crippen LogP contribution < -0.4 is 5.32 Å². The first-order valence-corrected chi connectivity index (χ1v) is 8.42. The molecule has 2 aromatic rings. The summed E-state index contributed by atoms with van der Waals surface area (Å²) in [4.78, 5) is 25.6. The van der Waals surface area contributed by atoms with Crippen LogP contribution in [0.25, 0.3) is 11.4 Å². The Morgan fingerprint density at radius 1 is 1.33 bits per heavy atom. The van der Waals surface area contributed by atoms with Crippen LogP contribution in [-0.4, -0.2) is 20.9 Å². The third-order valence-corrected chi connectivity index (χ3v) is 4.44. The fourth-order valence-corrected chi connectivity index (χ4v) is 3.15. The topological polar surface area (TPSA) is 67.8 Å². The van der Waals surface area contributed by atoms with E-state index in [2.05, 4.69) is 29.1 Å². The Balaban J connectivity index is 1.97. The summed E-state index contributed by atoms with van der Waals surface area (Å²) < 4.78 is 0. The molecule has 126 valence electrons. The molecule has 0 saturated heterocycles.